The standard InChI is InChI=1S/C52H85ClN2O7S2/c1-6-9-11-13-15-17-19-21-23-25-27-29-31-42(56)36-45-44-39-63-52(54-50(58)38-53)51(44)46(37-43(57)32-30-28-26-24-22-20-18-16-14-12-10-7-2)55(45)47(40-64(5,59)60)41-33-34-48(61-4)49(35-41)62-8-3/h33-35,39,45-47H,6-32,36-38,40H2,1-5H3,(H,54,58). The van der Waals surface area contributed by atoms with Crippen LogP contribution in [0.3, 0.4) is 0 Å². The van der Waals surface area contributed by atoms with Crippen molar-refractivity contribution in [2.75, 3.05) is 36.9 Å². The van der Waals surface area contributed by atoms with E-state index in [4.69, 9.17) is 21.1 Å². The number of ketones is 2. The molecule has 1 aromatic heterocycles. The van der Waals surface area contributed by atoms with Gasteiger partial charge in [-0.05, 0) is 48.4 Å². The van der Waals surface area contributed by atoms with Crippen LogP contribution in [0.2, 0.25) is 0 Å². The molecule has 12 heteroatoms. The number of anilines is 1. The van der Waals surface area contributed by atoms with Crippen LogP contribution in [0.4, 0.5) is 5.00 Å². The van der Waals surface area contributed by atoms with Crippen molar-refractivity contribution in [3.05, 3.63) is 40.3 Å². The Morgan fingerprint density at radius 2 is 1.17 bits per heavy atom. The number of fused-ring (bicyclic) bond motifs is 1. The number of benzene rings is 1. The molecule has 0 fully saturated rings. The third kappa shape index (κ3) is 20.6. The van der Waals surface area contributed by atoms with Crippen LogP contribution in [0, 0.1) is 0 Å². The van der Waals surface area contributed by atoms with E-state index in [9.17, 15) is 22.8 Å². The molecule has 3 unspecified atom stereocenters. The zero-order valence-electron chi connectivity index (χ0n) is 40.5. The highest BCUT2D eigenvalue weighted by atomic mass is 35.5. The summed E-state index contributed by atoms with van der Waals surface area (Å²) in [5.74, 6) is 0.367. The molecule has 0 spiro atoms. The summed E-state index contributed by atoms with van der Waals surface area (Å²) in [6.45, 7) is 6.76. The maximum atomic E-state index is 14.1. The van der Waals surface area contributed by atoms with Crippen molar-refractivity contribution in [2.45, 2.75) is 219 Å². The number of hydrogen-bond donors (Lipinski definition) is 1. The zero-order valence-corrected chi connectivity index (χ0v) is 42.9. The van der Waals surface area contributed by atoms with Crippen molar-refractivity contribution < 1.29 is 32.3 Å². The van der Waals surface area contributed by atoms with Crippen LogP contribution in [0.15, 0.2) is 23.6 Å². The lowest BCUT2D eigenvalue weighted by Gasteiger charge is -2.38. The summed E-state index contributed by atoms with van der Waals surface area (Å²) in [4.78, 5) is 43.1. The molecule has 1 amide bonds. The molecule has 0 bridgehead atoms. The zero-order chi connectivity index (χ0) is 46.6. The topological polar surface area (TPSA) is 119 Å². The van der Waals surface area contributed by atoms with Crippen LogP contribution >= 0.6 is 22.9 Å². The fourth-order valence-corrected chi connectivity index (χ4v) is 11.5. The Hall–Kier alpha value is -2.47. The predicted octanol–water partition coefficient (Wildman–Crippen LogP) is 14.6. The average Bonchev–Trinajstić information content (AvgIpc) is 3.80. The molecule has 2 aromatic rings. The van der Waals surface area contributed by atoms with Crippen molar-refractivity contribution in [1.82, 2.24) is 4.90 Å². The number of unbranched alkanes of at least 4 members (excludes halogenated alkanes) is 22. The van der Waals surface area contributed by atoms with Crippen LogP contribution < -0.4 is 14.8 Å². The Morgan fingerprint density at radius 3 is 1.61 bits per heavy atom. The molecule has 0 aliphatic carbocycles. The predicted molar refractivity (Wildman–Crippen MR) is 268 cm³/mol. The number of carbonyl (C=O) groups is 3. The maximum absolute atomic E-state index is 14.1. The third-order valence-electron chi connectivity index (χ3n) is 12.8. The van der Waals surface area contributed by atoms with Gasteiger partial charge in [-0.1, -0.05) is 161 Å². The van der Waals surface area contributed by atoms with Crippen molar-refractivity contribution in [2.24, 2.45) is 0 Å². The minimum absolute atomic E-state index is 0.0835. The molecule has 0 radical (unpaired) electrons. The number of nitrogens with zero attached hydrogens (tertiary/aromatic N) is 1. The Labute approximate surface area is 397 Å². The Kier molecular flexibility index (Phi) is 28.2. The maximum Gasteiger partial charge on any atom is 0.239 e. The van der Waals surface area contributed by atoms with E-state index in [1.54, 1.807) is 13.2 Å². The van der Waals surface area contributed by atoms with Gasteiger partial charge in [0, 0.05) is 49.6 Å². The van der Waals surface area contributed by atoms with Gasteiger partial charge in [-0.3, -0.25) is 19.3 Å². The first-order valence-electron chi connectivity index (χ1n) is 25.2. The number of alkyl halides is 1. The number of hydrogen-bond acceptors (Lipinski definition) is 9. The fourth-order valence-electron chi connectivity index (χ4n) is 9.40. The van der Waals surface area contributed by atoms with E-state index in [-0.39, 0.29) is 41.9 Å². The molecular weight excluding hydrogens is 864 g/mol. The van der Waals surface area contributed by atoms with Gasteiger partial charge in [0.15, 0.2) is 11.5 Å². The number of ether oxygens (including phenoxy) is 2. The lowest BCUT2D eigenvalue weighted by molar-refractivity contribution is -0.121. The Morgan fingerprint density at radius 1 is 0.703 bits per heavy atom. The SMILES string of the molecule is CCCCCCCCCCCCCCC(=O)CC1c2csc(NC(=O)CCl)c2C(CC(=O)CCCCCCCCCCCCCC)N1C(CS(C)(=O)=O)c1ccc(OC)c(OCC)c1. The molecular formula is C52H85ClN2O7S2. The second-order valence-electron chi connectivity index (χ2n) is 18.3. The van der Waals surface area contributed by atoms with E-state index in [0.717, 1.165) is 49.7 Å². The van der Waals surface area contributed by atoms with E-state index in [1.807, 2.05) is 24.4 Å². The van der Waals surface area contributed by atoms with E-state index in [2.05, 4.69) is 24.1 Å². The molecule has 64 heavy (non-hydrogen) atoms. The molecule has 3 atom stereocenters. The number of nitrogens with one attached hydrogen (secondary N) is 1. The Balaban J connectivity index is 1.84. The average molecular weight is 950 g/mol. The van der Waals surface area contributed by atoms with Crippen LogP contribution in [0.25, 0.3) is 0 Å². The minimum Gasteiger partial charge on any atom is -0.493 e. The normalized spacial score (nSPS) is 15.6. The van der Waals surface area contributed by atoms with Gasteiger partial charge in [-0.15, -0.1) is 22.9 Å². The van der Waals surface area contributed by atoms with Crippen molar-refractivity contribution in [3.63, 3.8) is 0 Å². The molecule has 1 aliphatic rings. The first-order chi connectivity index (χ1) is 31.0. The van der Waals surface area contributed by atoms with Crippen LogP contribution in [0.1, 0.15) is 235 Å². The van der Waals surface area contributed by atoms with Gasteiger partial charge in [0.25, 0.3) is 0 Å². The molecule has 1 N–H and O–H groups in total. The summed E-state index contributed by atoms with van der Waals surface area (Å²) in [6.07, 6.45) is 31.3. The number of sulfone groups is 1. The molecule has 9 nitrogen and oxygen atoms in total. The number of halogens is 1. The lowest BCUT2D eigenvalue weighted by atomic mass is 9.97. The molecule has 364 valence electrons. The minimum atomic E-state index is -3.59. The molecule has 1 aromatic carbocycles. The molecule has 1 aliphatic heterocycles. The Bertz CT molecular complexity index is 1750. The van der Waals surface area contributed by atoms with Crippen LogP contribution in [0.5, 0.6) is 11.5 Å². The smallest absolute Gasteiger partial charge is 0.239 e. The number of rotatable bonds is 39. The van der Waals surface area contributed by atoms with Gasteiger partial charge >= 0.3 is 0 Å². The highest BCUT2D eigenvalue weighted by Crippen LogP contribution is 2.55. The van der Waals surface area contributed by atoms with Crippen molar-refractivity contribution in [1.29, 1.82) is 0 Å². The lowest BCUT2D eigenvalue weighted by Crippen LogP contribution is -2.37. The fraction of sp³-hybridized carbons (Fsp3) is 0.750. The first-order valence-corrected chi connectivity index (χ1v) is 28.7. The second kappa shape index (κ2) is 32.3. The molecule has 0 saturated heterocycles. The molecule has 0 saturated carbocycles. The van der Waals surface area contributed by atoms with E-state index < -0.39 is 28.0 Å². The van der Waals surface area contributed by atoms with E-state index >= 15 is 0 Å². The van der Waals surface area contributed by atoms with Crippen LogP contribution in [-0.2, 0) is 24.2 Å². The summed E-state index contributed by atoms with van der Waals surface area (Å²) in [5.41, 5.74) is 2.33. The van der Waals surface area contributed by atoms with Crippen LogP contribution in [-0.4, -0.2) is 62.4 Å². The van der Waals surface area contributed by atoms with Crippen molar-refractivity contribution in [3.8, 4) is 11.5 Å². The monoisotopic (exact) mass is 949 g/mol. The number of amides is 1. The van der Waals surface area contributed by atoms with Gasteiger partial charge in [-0.2, -0.15) is 0 Å². The van der Waals surface area contributed by atoms with Gasteiger partial charge < -0.3 is 14.8 Å². The molecule has 2 heterocycles. The second-order valence-corrected chi connectivity index (χ2v) is 21.6. The summed E-state index contributed by atoms with van der Waals surface area (Å²) in [5, 5.41) is 5.54. The number of methoxy groups -OCH3 is 1. The number of carbonyl (C=O) groups excluding carboxylic acids is 3. The number of Topliss-reactive ketones (excluding diaryl/α,β-unsaturated/α-hetero) is 2. The van der Waals surface area contributed by atoms with E-state index in [0.29, 0.717) is 41.5 Å². The van der Waals surface area contributed by atoms with Gasteiger partial charge in [-0.25, -0.2) is 8.42 Å². The summed E-state index contributed by atoms with van der Waals surface area (Å²) in [6, 6.07) is 3.65. The van der Waals surface area contributed by atoms with Gasteiger partial charge in [0.1, 0.15) is 32.3 Å². The van der Waals surface area contributed by atoms with Gasteiger partial charge in [0.05, 0.1) is 25.5 Å². The summed E-state index contributed by atoms with van der Waals surface area (Å²) >= 11 is 7.37. The molecule has 3 rings (SSSR count). The summed E-state index contributed by atoms with van der Waals surface area (Å²) in [7, 11) is -2.03. The first kappa shape index (κ1) is 55.9. The highest BCUT2D eigenvalue weighted by Gasteiger charge is 2.47. The largest absolute Gasteiger partial charge is 0.493 e. The summed E-state index contributed by atoms with van der Waals surface area (Å²) < 4.78 is 38.4. The third-order valence-corrected chi connectivity index (χ3v) is 14.9. The quantitative estimate of drug-likeness (QED) is 0.0520. The van der Waals surface area contributed by atoms with Gasteiger partial charge in [0.2, 0.25) is 5.91 Å². The highest BCUT2D eigenvalue weighted by molar-refractivity contribution is 7.90. The van der Waals surface area contributed by atoms with Crippen molar-refractivity contribution >= 4 is 55.2 Å². The van der Waals surface area contributed by atoms with E-state index in [1.165, 1.54) is 133 Å². The number of thiophene rings is 1.